The van der Waals surface area contributed by atoms with E-state index >= 15 is 0 Å². The van der Waals surface area contributed by atoms with Crippen molar-refractivity contribution in [3.8, 4) is 0 Å². The standard InChI is InChI=1S/C11H13NO4/c1-2-16-11(14)10(13)9(12-15)8-6-4-3-5-7-8/h3-7,10,13,15H,2H2,1H3/b12-9+. The van der Waals surface area contributed by atoms with Gasteiger partial charge in [-0.15, -0.1) is 0 Å². The number of aliphatic hydroxyl groups is 1. The number of rotatable bonds is 4. The van der Waals surface area contributed by atoms with Crippen molar-refractivity contribution in [2.24, 2.45) is 5.16 Å². The summed E-state index contributed by atoms with van der Waals surface area (Å²) >= 11 is 0. The van der Waals surface area contributed by atoms with Crippen LogP contribution in [-0.4, -0.2) is 34.7 Å². The van der Waals surface area contributed by atoms with E-state index in [-0.39, 0.29) is 12.3 Å². The van der Waals surface area contributed by atoms with E-state index in [1.54, 1.807) is 37.3 Å². The quantitative estimate of drug-likeness (QED) is 0.342. The van der Waals surface area contributed by atoms with E-state index in [0.29, 0.717) is 5.56 Å². The largest absolute Gasteiger partial charge is 0.464 e. The number of ether oxygens (including phenoxy) is 1. The van der Waals surface area contributed by atoms with Gasteiger partial charge in [-0.05, 0) is 6.92 Å². The third kappa shape index (κ3) is 2.80. The van der Waals surface area contributed by atoms with Gasteiger partial charge in [0, 0.05) is 5.56 Å². The Kier molecular flexibility index (Phi) is 4.47. The van der Waals surface area contributed by atoms with Crippen LogP contribution in [0.3, 0.4) is 0 Å². The van der Waals surface area contributed by atoms with Crippen molar-refractivity contribution in [2.75, 3.05) is 6.61 Å². The molecule has 0 aliphatic carbocycles. The van der Waals surface area contributed by atoms with E-state index in [0.717, 1.165) is 0 Å². The summed E-state index contributed by atoms with van der Waals surface area (Å²) in [5, 5.41) is 21.3. The number of carbonyl (C=O) groups is 1. The van der Waals surface area contributed by atoms with Crippen LogP contribution < -0.4 is 0 Å². The Morgan fingerprint density at radius 1 is 1.44 bits per heavy atom. The second-order valence-electron chi connectivity index (χ2n) is 3.01. The van der Waals surface area contributed by atoms with E-state index in [1.807, 2.05) is 0 Å². The highest BCUT2D eigenvalue weighted by molar-refractivity contribution is 6.13. The molecule has 1 aromatic carbocycles. The fourth-order valence-corrected chi connectivity index (χ4v) is 1.21. The van der Waals surface area contributed by atoms with E-state index in [1.165, 1.54) is 0 Å². The molecule has 0 aliphatic heterocycles. The summed E-state index contributed by atoms with van der Waals surface area (Å²) in [6, 6.07) is 8.43. The summed E-state index contributed by atoms with van der Waals surface area (Å²) in [6.45, 7) is 1.78. The molecule has 0 spiro atoms. The van der Waals surface area contributed by atoms with Gasteiger partial charge in [-0.25, -0.2) is 4.79 Å². The Bertz CT molecular complexity index is 375. The Balaban J connectivity index is 2.88. The Morgan fingerprint density at radius 3 is 2.56 bits per heavy atom. The fraction of sp³-hybridized carbons (Fsp3) is 0.273. The predicted molar refractivity (Wildman–Crippen MR) is 57.4 cm³/mol. The summed E-state index contributed by atoms with van der Waals surface area (Å²) < 4.78 is 4.63. The molecule has 1 rings (SSSR count). The van der Waals surface area contributed by atoms with Crippen molar-refractivity contribution in [3.63, 3.8) is 0 Å². The highest BCUT2D eigenvalue weighted by atomic mass is 16.5. The maximum Gasteiger partial charge on any atom is 0.341 e. The van der Waals surface area contributed by atoms with Crippen molar-refractivity contribution in [3.05, 3.63) is 35.9 Å². The first-order valence-corrected chi connectivity index (χ1v) is 4.82. The first-order chi connectivity index (χ1) is 7.70. The fourth-order valence-electron chi connectivity index (χ4n) is 1.21. The second-order valence-corrected chi connectivity index (χ2v) is 3.01. The molecule has 1 aromatic rings. The Hall–Kier alpha value is -1.88. The molecule has 5 nitrogen and oxygen atoms in total. The molecule has 0 heterocycles. The van der Waals surface area contributed by atoms with Crippen LogP contribution in [0.1, 0.15) is 12.5 Å². The van der Waals surface area contributed by atoms with E-state index in [4.69, 9.17) is 5.21 Å². The Labute approximate surface area is 93.0 Å². The average Bonchev–Trinajstić information content (AvgIpc) is 2.31. The molecule has 0 radical (unpaired) electrons. The van der Waals surface area contributed by atoms with Gasteiger partial charge in [-0.1, -0.05) is 35.5 Å². The molecule has 0 aliphatic rings. The molecule has 2 N–H and O–H groups in total. The van der Waals surface area contributed by atoms with E-state index < -0.39 is 12.1 Å². The van der Waals surface area contributed by atoms with Crippen LogP contribution in [0.4, 0.5) is 0 Å². The molecule has 0 aromatic heterocycles. The van der Waals surface area contributed by atoms with Crippen LogP contribution in [0.15, 0.2) is 35.5 Å². The van der Waals surface area contributed by atoms with Gasteiger partial charge in [0.25, 0.3) is 0 Å². The highest BCUT2D eigenvalue weighted by Crippen LogP contribution is 2.06. The summed E-state index contributed by atoms with van der Waals surface area (Å²) in [5.41, 5.74) is 0.338. The lowest BCUT2D eigenvalue weighted by molar-refractivity contribution is -0.149. The topological polar surface area (TPSA) is 79.1 Å². The Morgan fingerprint density at radius 2 is 2.06 bits per heavy atom. The number of benzene rings is 1. The van der Waals surface area contributed by atoms with Crippen LogP contribution in [0.5, 0.6) is 0 Å². The molecule has 0 saturated heterocycles. The number of aliphatic hydroxyl groups excluding tert-OH is 1. The molecule has 0 amide bonds. The molecule has 16 heavy (non-hydrogen) atoms. The predicted octanol–water partition coefficient (Wildman–Crippen LogP) is 0.789. The lowest BCUT2D eigenvalue weighted by Crippen LogP contribution is -2.32. The van der Waals surface area contributed by atoms with Crippen LogP contribution in [0, 0.1) is 0 Å². The summed E-state index contributed by atoms with van der Waals surface area (Å²) in [6.07, 6.45) is -1.58. The summed E-state index contributed by atoms with van der Waals surface area (Å²) in [4.78, 5) is 11.3. The molecule has 0 saturated carbocycles. The van der Waals surface area contributed by atoms with Crippen LogP contribution in [0.25, 0.3) is 0 Å². The maximum atomic E-state index is 11.3. The molecule has 1 atom stereocenters. The zero-order valence-electron chi connectivity index (χ0n) is 8.83. The number of oxime groups is 1. The van der Waals surface area contributed by atoms with Gasteiger partial charge < -0.3 is 15.1 Å². The summed E-state index contributed by atoms with van der Waals surface area (Å²) in [7, 11) is 0. The molecular formula is C11H13NO4. The molecule has 0 bridgehead atoms. The zero-order valence-corrected chi connectivity index (χ0v) is 8.83. The molecule has 86 valence electrons. The van der Waals surface area contributed by atoms with Gasteiger partial charge in [0.2, 0.25) is 0 Å². The van der Waals surface area contributed by atoms with Gasteiger partial charge in [0.1, 0.15) is 5.71 Å². The summed E-state index contributed by atoms with van der Waals surface area (Å²) in [5.74, 6) is -0.834. The molecular weight excluding hydrogens is 210 g/mol. The van der Waals surface area contributed by atoms with E-state index in [9.17, 15) is 9.90 Å². The van der Waals surface area contributed by atoms with Gasteiger partial charge in [0.15, 0.2) is 6.10 Å². The normalized spacial score (nSPS) is 13.2. The van der Waals surface area contributed by atoms with Crippen molar-refractivity contribution >= 4 is 11.7 Å². The monoisotopic (exact) mass is 223 g/mol. The van der Waals surface area contributed by atoms with Gasteiger partial charge in [0.05, 0.1) is 6.61 Å². The van der Waals surface area contributed by atoms with Gasteiger partial charge in [-0.2, -0.15) is 0 Å². The van der Waals surface area contributed by atoms with E-state index in [2.05, 4.69) is 9.89 Å². The smallest absolute Gasteiger partial charge is 0.341 e. The number of carbonyl (C=O) groups excluding carboxylic acids is 1. The number of esters is 1. The average molecular weight is 223 g/mol. The lowest BCUT2D eigenvalue weighted by Gasteiger charge is -2.11. The highest BCUT2D eigenvalue weighted by Gasteiger charge is 2.24. The third-order valence-corrected chi connectivity index (χ3v) is 1.95. The molecule has 5 heteroatoms. The van der Waals surface area contributed by atoms with Crippen molar-refractivity contribution < 1.29 is 19.8 Å². The minimum absolute atomic E-state index is 0.126. The van der Waals surface area contributed by atoms with Crippen LogP contribution in [0.2, 0.25) is 0 Å². The first-order valence-electron chi connectivity index (χ1n) is 4.82. The minimum atomic E-state index is -1.58. The number of hydrogen-bond acceptors (Lipinski definition) is 5. The number of nitrogens with zero attached hydrogens (tertiary/aromatic N) is 1. The van der Waals surface area contributed by atoms with Gasteiger partial charge in [-0.3, -0.25) is 0 Å². The minimum Gasteiger partial charge on any atom is -0.464 e. The maximum absolute atomic E-state index is 11.3. The van der Waals surface area contributed by atoms with Crippen molar-refractivity contribution in [2.45, 2.75) is 13.0 Å². The second kappa shape index (κ2) is 5.87. The molecule has 1 unspecified atom stereocenters. The van der Waals surface area contributed by atoms with Gasteiger partial charge >= 0.3 is 5.97 Å². The SMILES string of the molecule is CCOC(=O)C(O)/C(=N/O)c1ccccc1. The third-order valence-electron chi connectivity index (χ3n) is 1.95. The van der Waals surface area contributed by atoms with Crippen LogP contribution in [-0.2, 0) is 9.53 Å². The molecule has 0 fully saturated rings. The lowest BCUT2D eigenvalue weighted by atomic mass is 10.1. The van der Waals surface area contributed by atoms with Crippen molar-refractivity contribution in [1.82, 2.24) is 0 Å². The van der Waals surface area contributed by atoms with Crippen LogP contribution >= 0.6 is 0 Å². The number of hydrogen-bond donors (Lipinski definition) is 2. The first kappa shape index (κ1) is 12.2. The van der Waals surface area contributed by atoms with Crippen molar-refractivity contribution in [1.29, 1.82) is 0 Å². The zero-order chi connectivity index (χ0) is 12.0.